The number of nitrogens with zero attached hydrogens (tertiary/aromatic N) is 2. The molecule has 12 heteroatoms. The molecular formula is C24H22N4O7S. The maximum absolute atomic E-state index is 12.5. The summed E-state index contributed by atoms with van der Waals surface area (Å²) < 4.78 is 10.8. The molecule has 2 heterocycles. The van der Waals surface area contributed by atoms with E-state index in [1.165, 1.54) is 29.7 Å². The van der Waals surface area contributed by atoms with E-state index in [4.69, 9.17) is 9.15 Å². The Bertz CT molecular complexity index is 1340. The number of fused-ring (bicyclic) bond motifs is 1. The monoisotopic (exact) mass is 510 g/mol. The van der Waals surface area contributed by atoms with Gasteiger partial charge >= 0.3 is 17.8 Å². The van der Waals surface area contributed by atoms with Crippen molar-refractivity contribution in [1.29, 1.82) is 0 Å². The first-order valence-electron chi connectivity index (χ1n) is 11.2. The number of hydrazone groups is 1. The van der Waals surface area contributed by atoms with Crippen molar-refractivity contribution >= 4 is 46.0 Å². The quantitative estimate of drug-likeness (QED) is 0.160. The van der Waals surface area contributed by atoms with Gasteiger partial charge in [0.15, 0.2) is 0 Å². The van der Waals surface area contributed by atoms with E-state index in [1.807, 2.05) is 0 Å². The number of rotatable bonds is 7. The molecule has 0 unspecified atom stereocenters. The lowest BCUT2D eigenvalue weighted by molar-refractivity contribution is -0.384. The molecule has 1 aliphatic rings. The summed E-state index contributed by atoms with van der Waals surface area (Å²) in [5, 5.41) is 17.3. The van der Waals surface area contributed by atoms with Crippen molar-refractivity contribution in [2.24, 2.45) is 5.10 Å². The number of esters is 1. The van der Waals surface area contributed by atoms with Crippen molar-refractivity contribution in [2.45, 2.75) is 32.6 Å². The van der Waals surface area contributed by atoms with Crippen LogP contribution in [0.25, 0.3) is 11.3 Å². The molecule has 0 aliphatic heterocycles. The number of anilines is 1. The zero-order valence-corrected chi connectivity index (χ0v) is 20.1. The van der Waals surface area contributed by atoms with Gasteiger partial charge in [-0.1, -0.05) is 0 Å². The van der Waals surface area contributed by atoms with Crippen LogP contribution < -0.4 is 10.7 Å². The fourth-order valence-electron chi connectivity index (χ4n) is 3.76. The Morgan fingerprint density at radius 1 is 1.14 bits per heavy atom. The van der Waals surface area contributed by atoms with E-state index in [0.717, 1.165) is 36.1 Å². The highest BCUT2D eigenvalue weighted by molar-refractivity contribution is 7.17. The van der Waals surface area contributed by atoms with E-state index < -0.39 is 22.7 Å². The summed E-state index contributed by atoms with van der Waals surface area (Å²) in [4.78, 5) is 48.5. The van der Waals surface area contributed by atoms with Crippen LogP contribution in [-0.2, 0) is 27.2 Å². The Morgan fingerprint density at radius 3 is 2.61 bits per heavy atom. The zero-order chi connectivity index (χ0) is 25.7. The zero-order valence-electron chi connectivity index (χ0n) is 19.2. The van der Waals surface area contributed by atoms with Gasteiger partial charge in [-0.2, -0.15) is 5.10 Å². The lowest BCUT2D eigenvalue weighted by Gasteiger charge is -2.12. The summed E-state index contributed by atoms with van der Waals surface area (Å²) in [6.07, 6.45) is 4.68. The van der Waals surface area contributed by atoms with Gasteiger partial charge in [0, 0.05) is 22.6 Å². The molecule has 0 atom stereocenters. The Labute approximate surface area is 209 Å². The highest BCUT2D eigenvalue weighted by Crippen LogP contribution is 2.38. The van der Waals surface area contributed by atoms with Gasteiger partial charge in [-0.25, -0.2) is 10.2 Å². The molecule has 0 fully saturated rings. The molecule has 0 spiro atoms. The number of nitrogens with one attached hydrogen (secondary N) is 2. The van der Waals surface area contributed by atoms with Crippen molar-refractivity contribution in [3.05, 3.63) is 68.3 Å². The van der Waals surface area contributed by atoms with Gasteiger partial charge in [0.1, 0.15) is 16.5 Å². The third-order valence-corrected chi connectivity index (χ3v) is 6.64. The van der Waals surface area contributed by atoms with Crippen molar-refractivity contribution in [2.75, 3.05) is 11.9 Å². The summed E-state index contributed by atoms with van der Waals surface area (Å²) in [7, 11) is 0. The van der Waals surface area contributed by atoms with Gasteiger partial charge < -0.3 is 14.5 Å². The molecule has 1 aliphatic carbocycles. The van der Waals surface area contributed by atoms with E-state index in [9.17, 15) is 24.5 Å². The molecule has 0 radical (unpaired) electrons. The van der Waals surface area contributed by atoms with Crippen LogP contribution in [0.1, 0.15) is 46.3 Å². The fraction of sp³-hybridized carbons (Fsp3) is 0.250. The number of nitro groups is 1. The fourth-order valence-corrected chi connectivity index (χ4v) is 5.04. The number of thiophene rings is 1. The molecule has 186 valence electrons. The first kappa shape index (κ1) is 24.8. The molecule has 0 saturated heterocycles. The normalized spacial score (nSPS) is 12.7. The number of aryl methyl sites for hydroxylation is 1. The van der Waals surface area contributed by atoms with Gasteiger partial charge in [0.2, 0.25) is 0 Å². The molecule has 0 saturated carbocycles. The number of furan rings is 1. The number of hydrogen-bond donors (Lipinski definition) is 2. The molecule has 3 aromatic rings. The minimum Gasteiger partial charge on any atom is -0.462 e. The molecule has 4 rings (SSSR count). The van der Waals surface area contributed by atoms with Gasteiger partial charge in [-0.15, -0.1) is 11.3 Å². The third-order valence-electron chi connectivity index (χ3n) is 5.43. The number of benzene rings is 1. The predicted molar refractivity (Wildman–Crippen MR) is 132 cm³/mol. The molecule has 1 aromatic carbocycles. The number of amides is 2. The van der Waals surface area contributed by atoms with Crippen LogP contribution in [0, 0.1) is 10.1 Å². The highest BCUT2D eigenvalue weighted by atomic mass is 32.1. The molecule has 2 amide bonds. The maximum atomic E-state index is 12.5. The standard InChI is InChI=1S/C24H22N4O7S/c1-2-34-24(31)20-17-5-3-4-6-19(17)36-23(20)26-21(29)22(30)27-25-13-16-11-12-18(35-16)14-7-9-15(10-8-14)28(32)33/h7-13H,2-6H2,1H3,(H,26,29)(H,27,30). The molecule has 2 N–H and O–H groups in total. The number of carbonyl (C=O) groups is 3. The number of ether oxygens (including phenoxy) is 1. The second-order valence-electron chi connectivity index (χ2n) is 7.79. The first-order chi connectivity index (χ1) is 17.4. The first-order valence-corrected chi connectivity index (χ1v) is 12.0. The van der Waals surface area contributed by atoms with E-state index in [2.05, 4.69) is 15.8 Å². The minimum atomic E-state index is -1.02. The van der Waals surface area contributed by atoms with Crippen molar-refractivity contribution in [3.8, 4) is 11.3 Å². The number of carbonyl (C=O) groups excluding carboxylic acids is 3. The minimum absolute atomic E-state index is 0.0369. The second-order valence-corrected chi connectivity index (χ2v) is 8.90. The van der Waals surface area contributed by atoms with Crippen LogP contribution in [0.5, 0.6) is 0 Å². The van der Waals surface area contributed by atoms with Crippen LogP contribution in [-0.4, -0.2) is 35.5 Å². The lowest BCUT2D eigenvalue weighted by atomic mass is 9.95. The molecular weight excluding hydrogens is 488 g/mol. The molecule has 0 bridgehead atoms. The van der Waals surface area contributed by atoms with Gasteiger partial charge in [-0.3, -0.25) is 19.7 Å². The van der Waals surface area contributed by atoms with Crippen molar-refractivity contribution in [1.82, 2.24) is 5.43 Å². The van der Waals surface area contributed by atoms with Crippen LogP contribution in [0.15, 0.2) is 45.9 Å². The van der Waals surface area contributed by atoms with Gasteiger partial charge in [0.05, 0.1) is 23.3 Å². The largest absolute Gasteiger partial charge is 0.462 e. The Hall–Kier alpha value is -4.32. The number of nitro benzene ring substituents is 1. The van der Waals surface area contributed by atoms with Gasteiger partial charge in [-0.05, 0) is 62.4 Å². The SMILES string of the molecule is CCOC(=O)c1c(NC(=O)C(=O)NN=Cc2ccc(-c3ccc([N+](=O)[O-])cc3)o2)sc2c1CCCC2. The lowest BCUT2D eigenvalue weighted by Crippen LogP contribution is -2.32. The van der Waals surface area contributed by atoms with Crippen LogP contribution in [0.2, 0.25) is 0 Å². The Balaban J connectivity index is 1.39. The Kier molecular flexibility index (Phi) is 7.54. The van der Waals surface area contributed by atoms with Crippen LogP contribution >= 0.6 is 11.3 Å². The smallest absolute Gasteiger partial charge is 0.341 e. The van der Waals surface area contributed by atoms with E-state index >= 15 is 0 Å². The molecule has 36 heavy (non-hydrogen) atoms. The van der Waals surface area contributed by atoms with E-state index in [-0.39, 0.29) is 12.3 Å². The summed E-state index contributed by atoms with van der Waals surface area (Å²) in [5.74, 6) is -1.77. The van der Waals surface area contributed by atoms with Crippen molar-refractivity contribution in [3.63, 3.8) is 0 Å². The van der Waals surface area contributed by atoms with Crippen molar-refractivity contribution < 1.29 is 28.5 Å². The number of non-ortho nitro benzene ring substituents is 1. The summed E-state index contributed by atoms with van der Waals surface area (Å²) in [6, 6.07) is 9.07. The molecule has 11 nitrogen and oxygen atoms in total. The predicted octanol–water partition coefficient (Wildman–Crippen LogP) is 4.06. The summed E-state index contributed by atoms with van der Waals surface area (Å²) in [6.45, 7) is 1.90. The Morgan fingerprint density at radius 2 is 1.89 bits per heavy atom. The average Bonchev–Trinajstić information content (AvgIpc) is 3.48. The maximum Gasteiger partial charge on any atom is 0.341 e. The topological polar surface area (TPSA) is 153 Å². The third kappa shape index (κ3) is 5.49. The molecule has 2 aromatic heterocycles. The van der Waals surface area contributed by atoms with E-state index in [0.29, 0.717) is 27.6 Å². The van der Waals surface area contributed by atoms with Crippen LogP contribution in [0.3, 0.4) is 0 Å². The average molecular weight is 511 g/mol. The van der Waals surface area contributed by atoms with Gasteiger partial charge in [0.25, 0.3) is 5.69 Å². The van der Waals surface area contributed by atoms with E-state index in [1.54, 1.807) is 31.2 Å². The second kappa shape index (κ2) is 11.0. The highest BCUT2D eigenvalue weighted by Gasteiger charge is 2.28. The number of hydrogen-bond acceptors (Lipinski definition) is 9. The van der Waals surface area contributed by atoms with Crippen LogP contribution in [0.4, 0.5) is 10.7 Å². The summed E-state index contributed by atoms with van der Waals surface area (Å²) in [5.41, 5.74) is 3.91. The summed E-state index contributed by atoms with van der Waals surface area (Å²) >= 11 is 1.28.